The number of rotatable bonds is 6. The molecule has 0 aliphatic heterocycles. The van der Waals surface area contributed by atoms with Gasteiger partial charge in [0.15, 0.2) is 5.78 Å². The SMILES string of the molecule is CCOC(=O)c1c(NC(=O)/C(C#N)=C/c2ccccc2)sc(C(C)=O)c1C. The molecule has 1 aromatic heterocycles. The smallest absolute Gasteiger partial charge is 0.341 e. The van der Waals surface area contributed by atoms with Gasteiger partial charge in [-0.3, -0.25) is 9.59 Å². The molecule has 0 bridgehead atoms. The van der Waals surface area contributed by atoms with Crippen LogP contribution in [0.25, 0.3) is 6.08 Å². The van der Waals surface area contributed by atoms with Gasteiger partial charge >= 0.3 is 5.97 Å². The lowest BCUT2D eigenvalue weighted by Gasteiger charge is -2.06. The number of carbonyl (C=O) groups excluding carboxylic acids is 3. The molecule has 2 aromatic rings. The van der Waals surface area contributed by atoms with Crippen molar-refractivity contribution in [2.24, 2.45) is 0 Å². The topological polar surface area (TPSA) is 96.3 Å². The molecular formula is C20H18N2O4S. The normalized spacial score (nSPS) is 10.8. The minimum Gasteiger partial charge on any atom is -0.462 e. The summed E-state index contributed by atoms with van der Waals surface area (Å²) in [5, 5.41) is 12.1. The van der Waals surface area contributed by atoms with E-state index in [1.165, 1.54) is 13.0 Å². The highest BCUT2D eigenvalue weighted by Gasteiger charge is 2.25. The fourth-order valence-electron chi connectivity index (χ4n) is 2.42. The Bertz CT molecular complexity index is 952. The lowest BCUT2D eigenvalue weighted by Crippen LogP contribution is -2.16. The quantitative estimate of drug-likeness (QED) is 0.353. The van der Waals surface area contributed by atoms with Crippen LogP contribution in [0.5, 0.6) is 0 Å². The minimum atomic E-state index is -0.664. The summed E-state index contributed by atoms with van der Waals surface area (Å²) >= 11 is 0.992. The zero-order chi connectivity index (χ0) is 20.0. The van der Waals surface area contributed by atoms with Crippen molar-refractivity contribution in [3.05, 3.63) is 57.5 Å². The molecule has 7 heteroatoms. The molecule has 0 spiro atoms. The van der Waals surface area contributed by atoms with Crippen molar-refractivity contribution in [1.29, 1.82) is 5.26 Å². The maximum Gasteiger partial charge on any atom is 0.341 e. The zero-order valence-corrected chi connectivity index (χ0v) is 16.0. The first-order valence-corrected chi connectivity index (χ1v) is 9.00. The van der Waals surface area contributed by atoms with E-state index in [-0.39, 0.29) is 28.5 Å². The molecule has 0 aliphatic carbocycles. The van der Waals surface area contributed by atoms with Crippen LogP contribution in [-0.4, -0.2) is 24.3 Å². The summed E-state index contributed by atoms with van der Waals surface area (Å²) in [6.07, 6.45) is 1.45. The van der Waals surface area contributed by atoms with E-state index in [9.17, 15) is 19.6 Å². The molecule has 0 radical (unpaired) electrons. The van der Waals surface area contributed by atoms with Gasteiger partial charge in [-0.25, -0.2) is 4.79 Å². The number of esters is 1. The number of ether oxygens (including phenoxy) is 1. The standard InChI is InChI=1S/C20H18N2O4S/c1-4-26-20(25)16-12(2)17(13(3)23)27-19(16)22-18(24)15(11-21)10-14-8-6-5-7-9-14/h5-10H,4H2,1-3H3,(H,22,24)/b15-10+. The van der Waals surface area contributed by atoms with Gasteiger partial charge in [0.1, 0.15) is 16.6 Å². The van der Waals surface area contributed by atoms with E-state index < -0.39 is 11.9 Å². The molecule has 0 saturated carbocycles. The number of nitrogens with one attached hydrogen (secondary N) is 1. The number of amides is 1. The number of nitrogens with zero attached hydrogens (tertiary/aromatic N) is 1. The summed E-state index contributed by atoms with van der Waals surface area (Å²) < 4.78 is 5.03. The van der Waals surface area contributed by atoms with Crippen molar-refractivity contribution < 1.29 is 19.1 Å². The van der Waals surface area contributed by atoms with Gasteiger partial charge in [0.25, 0.3) is 5.91 Å². The molecule has 2 rings (SSSR count). The largest absolute Gasteiger partial charge is 0.462 e. The Labute approximate surface area is 161 Å². The lowest BCUT2D eigenvalue weighted by atomic mass is 10.1. The third-order valence-corrected chi connectivity index (χ3v) is 4.96. The van der Waals surface area contributed by atoms with Gasteiger partial charge < -0.3 is 10.1 Å². The van der Waals surface area contributed by atoms with Crippen LogP contribution in [0, 0.1) is 18.3 Å². The summed E-state index contributed by atoms with van der Waals surface area (Å²) in [6.45, 7) is 4.84. The number of hydrogen-bond acceptors (Lipinski definition) is 6. The molecule has 1 N–H and O–H groups in total. The molecule has 0 atom stereocenters. The van der Waals surface area contributed by atoms with Gasteiger partial charge in [0.2, 0.25) is 0 Å². The Kier molecular flexibility index (Phi) is 6.63. The third kappa shape index (κ3) is 4.68. The van der Waals surface area contributed by atoms with E-state index in [1.54, 1.807) is 38.1 Å². The first kappa shape index (κ1) is 20.1. The summed E-state index contributed by atoms with van der Waals surface area (Å²) in [5.74, 6) is -1.51. The first-order valence-electron chi connectivity index (χ1n) is 8.18. The van der Waals surface area contributed by atoms with Crippen LogP contribution >= 0.6 is 11.3 Å². The highest BCUT2D eigenvalue weighted by atomic mass is 32.1. The Morgan fingerprint density at radius 1 is 1.26 bits per heavy atom. The molecule has 6 nitrogen and oxygen atoms in total. The predicted octanol–water partition coefficient (Wildman–Crippen LogP) is 3.98. The van der Waals surface area contributed by atoms with Gasteiger partial charge in [-0.15, -0.1) is 11.3 Å². The summed E-state index contributed by atoms with van der Waals surface area (Å²) in [4.78, 5) is 37.0. The predicted molar refractivity (Wildman–Crippen MR) is 104 cm³/mol. The van der Waals surface area contributed by atoms with Gasteiger partial charge in [-0.2, -0.15) is 5.26 Å². The van der Waals surface area contributed by atoms with E-state index in [2.05, 4.69) is 5.32 Å². The van der Waals surface area contributed by atoms with Crippen molar-refractivity contribution in [1.82, 2.24) is 0 Å². The lowest BCUT2D eigenvalue weighted by molar-refractivity contribution is -0.112. The Morgan fingerprint density at radius 2 is 1.93 bits per heavy atom. The van der Waals surface area contributed by atoms with E-state index in [1.807, 2.05) is 12.1 Å². The number of carbonyl (C=O) groups is 3. The first-order chi connectivity index (χ1) is 12.9. The highest BCUT2D eigenvalue weighted by Crippen LogP contribution is 2.34. The monoisotopic (exact) mass is 382 g/mol. The Balaban J connectivity index is 2.40. The second kappa shape index (κ2) is 8.92. The highest BCUT2D eigenvalue weighted by molar-refractivity contribution is 7.18. The van der Waals surface area contributed by atoms with Crippen molar-refractivity contribution in [2.45, 2.75) is 20.8 Å². The van der Waals surface area contributed by atoms with Gasteiger partial charge in [0, 0.05) is 0 Å². The van der Waals surface area contributed by atoms with Crippen LogP contribution in [0.4, 0.5) is 5.00 Å². The second-order valence-corrected chi connectivity index (χ2v) is 6.59. The summed E-state index contributed by atoms with van der Waals surface area (Å²) in [6, 6.07) is 10.8. The number of nitriles is 1. The molecule has 1 amide bonds. The number of anilines is 1. The molecule has 27 heavy (non-hydrogen) atoms. The van der Waals surface area contributed by atoms with Gasteiger partial charge in [-0.05, 0) is 38.0 Å². The maximum atomic E-state index is 12.5. The van der Waals surface area contributed by atoms with Crippen molar-refractivity contribution in [3.63, 3.8) is 0 Å². The molecule has 1 heterocycles. The molecule has 0 fully saturated rings. The molecular weight excluding hydrogens is 364 g/mol. The third-order valence-electron chi connectivity index (χ3n) is 3.65. The van der Waals surface area contributed by atoms with E-state index >= 15 is 0 Å². The maximum absolute atomic E-state index is 12.5. The Morgan fingerprint density at radius 3 is 2.48 bits per heavy atom. The van der Waals surface area contributed by atoms with Crippen LogP contribution in [0.3, 0.4) is 0 Å². The van der Waals surface area contributed by atoms with Crippen LogP contribution in [0.1, 0.15) is 45.0 Å². The van der Waals surface area contributed by atoms with Crippen LogP contribution in [0.15, 0.2) is 35.9 Å². The molecule has 138 valence electrons. The van der Waals surface area contributed by atoms with Gasteiger partial charge in [0.05, 0.1) is 17.0 Å². The van der Waals surface area contributed by atoms with Crippen LogP contribution in [0.2, 0.25) is 0 Å². The molecule has 0 aliphatic rings. The van der Waals surface area contributed by atoms with E-state index in [4.69, 9.17) is 4.74 Å². The zero-order valence-electron chi connectivity index (χ0n) is 15.2. The van der Waals surface area contributed by atoms with Crippen molar-refractivity contribution in [2.75, 3.05) is 11.9 Å². The number of benzene rings is 1. The van der Waals surface area contributed by atoms with Crippen molar-refractivity contribution in [3.8, 4) is 6.07 Å². The average Bonchev–Trinajstić information content (AvgIpc) is 2.97. The fraction of sp³-hybridized carbons (Fsp3) is 0.200. The summed E-state index contributed by atoms with van der Waals surface area (Å²) in [5.41, 5.74) is 1.16. The number of thiophene rings is 1. The van der Waals surface area contributed by atoms with Crippen LogP contribution in [-0.2, 0) is 9.53 Å². The van der Waals surface area contributed by atoms with E-state index in [0.717, 1.165) is 11.3 Å². The Hall–Kier alpha value is -3.24. The molecule has 0 unspecified atom stereocenters. The number of hydrogen-bond donors (Lipinski definition) is 1. The van der Waals surface area contributed by atoms with Gasteiger partial charge in [-0.1, -0.05) is 30.3 Å². The molecule has 1 aromatic carbocycles. The number of ketones is 1. The van der Waals surface area contributed by atoms with Crippen LogP contribution < -0.4 is 5.32 Å². The van der Waals surface area contributed by atoms with E-state index in [0.29, 0.717) is 16.0 Å². The average molecular weight is 382 g/mol. The fourth-order valence-corrected chi connectivity index (χ4v) is 3.51. The second-order valence-electron chi connectivity index (χ2n) is 5.57. The van der Waals surface area contributed by atoms with Crippen molar-refractivity contribution >= 4 is 40.1 Å². The minimum absolute atomic E-state index is 0.119. The summed E-state index contributed by atoms with van der Waals surface area (Å²) in [7, 11) is 0. The number of Topliss-reactive ketones (excluding diaryl/α,β-unsaturated/α-hetero) is 1. The molecule has 0 saturated heterocycles.